The molecule has 0 radical (unpaired) electrons. The van der Waals surface area contributed by atoms with Crippen molar-refractivity contribution in [3.8, 4) is 0 Å². The van der Waals surface area contributed by atoms with Gasteiger partial charge >= 0.3 is 0 Å². The zero-order valence-corrected chi connectivity index (χ0v) is 16.1. The highest BCUT2D eigenvalue weighted by Gasteiger charge is 2.08. The van der Waals surface area contributed by atoms with Crippen LogP contribution < -0.4 is 15.5 Å². The minimum absolute atomic E-state index is 0.674. The van der Waals surface area contributed by atoms with E-state index in [0.717, 1.165) is 41.3 Å². The lowest BCUT2D eigenvalue weighted by molar-refractivity contribution is 0.785. The standard InChI is InChI=1S/C21H26N6/c1-22-21(24-13-11-17-8-6-7-12-23-17)25-15-16-14-20(27(2)3)26-19-10-5-4-9-18(16)19/h4-10,12,14H,11,13,15H2,1-3H3,(H2,22,24,25). The van der Waals surface area contributed by atoms with Crippen LogP contribution in [-0.4, -0.2) is 43.6 Å². The van der Waals surface area contributed by atoms with Crippen molar-refractivity contribution in [3.05, 3.63) is 66.0 Å². The molecule has 0 spiro atoms. The molecule has 0 saturated carbocycles. The molecule has 0 bridgehead atoms. The number of nitrogens with zero attached hydrogens (tertiary/aromatic N) is 4. The number of rotatable bonds is 6. The summed E-state index contributed by atoms with van der Waals surface area (Å²) in [5.74, 6) is 1.72. The van der Waals surface area contributed by atoms with Gasteiger partial charge in [0.2, 0.25) is 0 Å². The average Bonchev–Trinajstić information content (AvgIpc) is 2.70. The molecule has 0 saturated heterocycles. The van der Waals surface area contributed by atoms with Gasteiger partial charge in [-0.3, -0.25) is 9.98 Å². The predicted octanol–water partition coefficient (Wildman–Crippen LogP) is 2.60. The van der Waals surface area contributed by atoms with E-state index in [9.17, 15) is 0 Å². The first-order valence-electron chi connectivity index (χ1n) is 9.08. The summed E-state index contributed by atoms with van der Waals surface area (Å²) in [6.45, 7) is 1.45. The summed E-state index contributed by atoms with van der Waals surface area (Å²) >= 11 is 0. The second kappa shape index (κ2) is 8.98. The summed E-state index contributed by atoms with van der Waals surface area (Å²) in [6.07, 6.45) is 2.67. The topological polar surface area (TPSA) is 65.4 Å². The van der Waals surface area contributed by atoms with Crippen molar-refractivity contribution in [2.75, 3.05) is 32.6 Å². The third kappa shape index (κ3) is 4.94. The van der Waals surface area contributed by atoms with Crippen LogP contribution >= 0.6 is 0 Å². The summed E-state index contributed by atoms with van der Waals surface area (Å²) in [4.78, 5) is 15.4. The highest BCUT2D eigenvalue weighted by molar-refractivity contribution is 5.85. The quantitative estimate of drug-likeness (QED) is 0.521. The molecule has 1 aromatic carbocycles. The molecule has 2 heterocycles. The summed E-state index contributed by atoms with van der Waals surface area (Å²) < 4.78 is 0. The highest BCUT2D eigenvalue weighted by atomic mass is 15.2. The zero-order chi connectivity index (χ0) is 19.1. The summed E-state index contributed by atoms with van der Waals surface area (Å²) in [7, 11) is 5.80. The summed E-state index contributed by atoms with van der Waals surface area (Å²) in [5, 5.41) is 7.90. The Kier molecular flexibility index (Phi) is 6.20. The fourth-order valence-electron chi connectivity index (χ4n) is 2.86. The number of pyridine rings is 2. The molecular weight excluding hydrogens is 336 g/mol. The van der Waals surface area contributed by atoms with Crippen molar-refractivity contribution in [1.29, 1.82) is 0 Å². The Morgan fingerprint density at radius 3 is 2.63 bits per heavy atom. The maximum atomic E-state index is 4.71. The Morgan fingerprint density at radius 2 is 1.89 bits per heavy atom. The van der Waals surface area contributed by atoms with E-state index >= 15 is 0 Å². The number of benzene rings is 1. The van der Waals surface area contributed by atoms with Crippen LogP contribution in [0.5, 0.6) is 0 Å². The van der Waals surface area contributed by atoms with Gasteiger partial charge in [0.15, 0.2) is 5.96 Å². The van der Waals surface area contributed by atoms with E-state index < -0.39 is 0 Å². The number of nitrogens with one attached hydrogen (secondary N) is 2. The number of para-hydroxylation sites is 1. The smallest absolute Gasteiger partial charge is 0.191 e. The van der Waals surface area contributed by atoms with Crippen LogP contribution in [0.25, 0.3) is 10.9 Å². The monoisotopic (exact) mass is 362 g/mol. The number of aliphatic imine (C=N–C) groups is 1. The van der Waals surface area contributed by atoms with Crippen molar-refractivity contribution in [2.24, 2.45) is 4.99 Å². The molecule has 140 valence electrons. The molecule has 0 fully saturated rings. The third-order valence-corrected chi connectivity index (χ3v) is 4.32. The maximum absolute atomic E-state index is 4.71. The van der Waals surface area contributed by atoms with Gasteiger partial charge in [-0.25, -0.2) is 4.98 Å². The molecule has 3 rings (SSSR count). The molecule has 2 N–H and O–H groups in total. The van der Waals surface area contributed by atoms with E-state index in [4.69, 9.17) is 4.98 Å². The molecule has 0 amide bonds. The van der Waals surface area contributed by atoms with Crippen LogP contribution in [0.4, 0.5) is 5.82 Å². The predicted molar refractivity (Wildman–Crippen MR) is 112 cm³/mol. The van der Waals surface area contributed by atoms with Crippen LogP contribution in [-0.2, 0) is 13.0 Å². The molecule has 27 heavy (non-hydrogen) atoms. The number of guanidine groups is 1. The Labute approximate surface area is 160 Å². The molecule has 0 aliphatic heterocycles. The molecule has 0 unspecified atom stereocenters. The molecular formula is C21H26N6. The number of anilines is 1. The number of hydrogen-bond donors (Lipinski definition) is 2. The van der Waals surface area contributed by atoms with E-state index in [-0.39, 0.29) is 0 Å². The van der Waals surface area contributed by atoms with Crippen LogP contribution in [0.15, 0.2) is 59.7 Å². The lowest BCUT2D eigenvalue weighted by Crippen LogP contribution is -2.38. The van der Waals surface area contributed by atoms with Crippen LogP contribution in [0, 0.1) is 0 Å². The van der Waals surface area contributed by atoms with Gasteiger partial charge in [-0.2, -0.15) is 0 Å². The minimum Gasteiger partial charge on any atom is -0.363 e. The third-order valence-electron chi connectivity index (χ3n) is 4.32. The van der Waals surface area contributed by atoms with Gasteiger partial charge in [0.1, 0.15) is 5.82 Å². The van der Waals surface area contributed by atoms with Crippen molar-refractivity contribution >= 4 is 22.7 Å². The molecule has 0 aliphatic rings. The first-order chi connectivity index (χ1) is 13.2. The van der Waals surface area contributed by atoms with E-state index in [1.807, 2.05) is 61.6 Å². The largest absolute Gasteiger partial charge is 0.363 e. The van der Waals surface area contributed by atoms with E-state index in [1.165, 1.54) is 5.56 Å². The van der Waals surface area contributed by atoms with E-state index in [1.54, 1.807) is 7.05 Å². The fourth-order valence-corrected chi connectivity index (χ4v) is 2.86. The summed E-state index contributed by atoms with van der Waals surface area (Å²) in [6, 6.07) is 16.3. The second-order valence-corrected chi connectivity index (χ2v) is 6.47. The Hall–Kier alpha value is -3.15. The van der Waals surface area contributed by atoms with Crippen LogP contribution in [0.1, 0.15) is 11.3 Å². The van der Waals surface area contributed by atoms with E-state index in [2.05, 4.69) is 32.7 Å². The zero-order valence-electron chi connectivity index (χ0n) is 16.1. The minimum atomic E-state index is 0.674. The Balaban J connectivity index is 1.65. The molecule has 6 nitrogen and oxygen atoms in total. The molecule has 6 heteroatoms. The van der Waals surface area contributed by atoms with Gasteiger partial charge in [0.05, 0.1) is 5.52 Å². The van der Waals surface area contributed by atoms with E-state index in [0.29, 0.717) is 6.54 Å². The lowest BCUT2D eigenvalue weighted by Gasteiger charge is -2.17. The first kappa shape index (κ1) is 18.6. The fraction of sp³-hybridized carbons (Fsp3) is 0.286. The Morgan fingerprint density at radius 1 is 1.07 bits per heavy atom. The average molecular weight is 362 g/mol. The number of fused-ring (bicyclic) bond motifs is 1. The van der Waals surface area contributed by atoms with Crippen molar-refractivity contribution in [2.45, 2.75) is 13.0 Å². The maximum Gasteiger partial charge on any atom is 0.191 e. The van der Waals surface area contributed by atoms with Gasteiger partial charge in [-0.15, -0.1) is 0 Å². The lowest BCUT2D eigenvalue weighted by atomic mass is 10.1. The van der Waals surface area contributed by atoms with Crippen molar-refractivity contribution in [3.63, 3.8) is 0 Å². The van der Waals surface area contributed by atoms with Gasteiger partial charge in [0, 0.05) is 57.9 Å². The van der Waals surface area contributed by atoms with Gasteiger partial charge in [-0.05, 0) is 29.8 Å². The van der Waals surface area contributed by atoms with Gasteiger partial charge in [0.25, 0.3) is 0 Å². The normalized spacial score (nSPS) is 11.4. The van der Waals surface area contributed by atoms with Crippen molar-refractivity contribution in [1.82, 2.24) is 20.6 Å². The van der Waals surface area contributed by atoms with Crippen LogP contribution in [0.2, 0.25) is 0 Å². The van der Waals surface area contributed by atoms with Crippen LogP contribution in [0.3, 0.4) is 0 Å². The van der Waals surface area contributed by atoms with Gasteiger partial charge < -0.3 is 15.5 Å². The highest BCUT2D eigenvalue weighted by Crippen LogP contribution is 2.21. The molecule has 2 aromatic heterocycles. The van der Waals surface area contributed by atoms with Gasteiger partial charge in [-0.1, -0.05) is 24.3 Å². The number of hydrogen-bond acceptors (Lipinski definition) is 4. The Bertz CT molecular complexity index is 905. The second-order valence-electron chi connectivity index (χ2n) is 6.47. The SMILES string of the molecule is CN=C(NCCc1ccccn1)NCc1cc(N(C)C)nc2ccccc12. The number of aromatic nitrogens is 2. The molecule has 0 aliphatic carbocycles. The summed E-state index contributed by atoms with van der Waals surface area (Å²) in [5.41, 5.74) is 3.26. The molecule has 0 atom stereocenters. The van der Waals surface area contributed by atoms with Crippen molar-refractivity contribution < 1.29 is 0 Å². The first-order valence-corrected chi connectivity index (χ1v) is 9.08. The molecule has 3 aromatic rings.